The van der Waals surface area contributed by atoms with E-state index in [1.54, 1.807) is 41.8 Å². The summed E-state index contributed by atoms with van der Waals surface area (Å²) < 4.78 is 35.4. The Morgan fingerprint density at radius 2 is 1.86 bits per heavy atom. The van der Waals surface area contributed by atoms with Gasteiger partial charge in [0, 0.05) is 0 Å². The summed E-state index contributed by atoms with van der Waals surface area (Å²) in [5.74, 6) is -0.0468. The molecule has 29 heavy (non-hydrogen) atoms. The van der Waals surface area contributed by atoms with Gasteiger partial charge < -0.3 is 8.92 Å². The SMILES string of the molecule is COc1cc(/C=N\NC(=O)c2cccs2)ccc1OS(=O)(=O)c1ccc(C)cc1. The van der Waals surface area contributed by atoms with E-state index < -0.39 is 10.1 Å². The lowest BCUT2D eigenvalue weighted by atomic mass is 10.2. The first-order chi connectivity index (χ1) is 13.9. The molecule has 0 saturated carbocycles. The molecule has 0 radical (unpaired) electrons. The molecule has 9 heteroatoms. The van der Waals surface area contributed by atoms with Crippen molar-refractivity contribution in [2.75, 3.05) is 7.11 Å². The van der Waals surface area contributed by atoms with Gasteiger partial charge in [-0.25, -0.2) is 5.43 Å². The van der Waals surface area contributed by atoms with E-state index in [4.69, 9.17) is 8.92 Å². The molecule has 7 nitrogen and oxygen atoms in total. The highest BCUT2D eigenvalue weighted by Crippen LogP contribution is 2.30. The van der Waals surface area contributed by atoms with Crippen molar-refractivity contribution in [1.82, 2.24) is 5.43 Å². The molecule has 1 heterocycles. The molecule has 3 aromatic rings. The topological polar surface area (TPSA) is 94.1 Å². The molecule has 0 fully saturated rings. The number of nitrogens with zero attached hydrogens (tertiary/aromatic N) is 1. The Kier molecular flexibility index (Phi) is 6.30. The lowest BCUT2D eigenvalue weighted by Crippen LogP contribution is -2.16. The number of hydrogen-bond acceptors (Lipinski definition) is 7. The van der Waals surface area contributed by atoms with E-state index in [1.807, 2.05) is 6.92 Å². The van der Waals surface area contributed by atoms with Crippen LogP contribution in [0.3, 0.4) is 0 Å². The molecule has 2 aromatic carbocycles. The fraction of sp³-hybridized carbons (Fsp3) is 0.100. The number of nitrogens with one attached hydrogen (secondary N) is 1. The molecular weight excluding hydrogens is 412 g/mol. The maximum absolute atomic E-state index is 12.5. The highest BCUT2D eigenvalue weighted by molar-refractivity contribution is 7.87. The molecule has 150 valence electrons. The van der Waals surface area contributed by atoms with Gasteiger partial charge in [-0.15, -0.1) is 11.3 Å². The number of benzene rings is 2. The quantitative estimate of drug-likeness (QED) is 0.351. The summed E-state index contributed by atoms with van der Waals surface area (Å²) in [6.07, 6.45) is 1.42. The van der Waals surface area contributed by atoms with Crippen LogP contribution in [-0.4, -0.2) is 27.6 Å². The molecule has 0 saturated heterocycles. The first-order valence-corrected chi connectivity index (χ1v) is 10.7. The van der Waals surface area contributed by atoms with Gasteiger partial charge in [-0.05, 0) is 54.3 Å². The van der Waals surface area contributed by atoms with Gasteiger partial charge in [0.25, 0.3) is 5.91 Å². The van der Waals surface area contributed by atoms with Crippen LogP contribution in [0.15, 0.2) is 70.0 Å². The minimum atomic E-state index is -4.00. The Morgan fingerprint density at radius 1 is 1.10 bits per heavy atom. The Morgan fingerprint density at radius 3 is 2.52 bits per heavy atom. The molecule has 3 rings (SSSR count). The Labute approximate surface area is 172 Å². The summed E-state index contributed by atoms with van der Waals surface area (Å²) in [6.45, 7) is 1.86. The van der Waals surface area contributed by atoms with Crippen LogP contribution in [0.2, 0.25) is 0 Å². The van der Waals surface area contributed by atoms with E-state index in [9.17, 15) is 13.2 Å². The van der Waals surface area contributed by atoms with Crippen LogP contribution in [0.25, 0.3) is 0 Å². The van der Waals surface area contributed by atoms with Crippen LogP contribution in [0.1, 0.15) is 20.8 Å². The number of hydrogen-bond donors (Lipinski definition) is 1. The minimum Gasteiger partial charge on any atom is -0.493 e. The second kappa shape index (κ2) is 8.89. The first-order valence-electron chi connectivity index (χ1n) is 8.45. The number of rotatable bonds is 7. The van der Waals surface area contributed by atoms with Crippen molar-refractivity contribution < 1.29 is 22.1 Å². The molecule has 0 unspecified atom stereocenters. The monoisotopic (exact) mass is 430 g/mol. The standard InChI is InChI=1S/C20H18N2O5S2/c1-14-5-8-16(9-6-14)29(24,25)27-17-10-7-15(12-18(17)26-2)13-21-22-20(23)19-4-3-11-28-19/h3-13H,1-2H3,(H,22,23)/b21-13-. The van der Waals surface area contributed by atoms with Gasteiger partial charge in [0.15, 0.2) is 11.5 Å². The van der Waals surface area contributed by atoms with Gasteiger partial charge in [0.2, 0.25) is 0 Å². The number of hydrazone groups is 1. The third-order valence-corrected chi connectivity index (χ3v) is 5.94. The first kappa shape index (κ1) is 20.6. The molecule has 1 N–H and O–H groups in total. The van der Waals surface area contributed by atoms with Crippen molar-refractivity contribution >= 4 is 33.6 Å². The third kappa shape index (κ3) is 5.21. The summed E-state index contributed by atoms with van der Waals surface area (Å²) in [5.41, 5.74) is 3.96. The zero-order valence-electron chi connectivity index (χ0n) is 15.7. The zero-order valence-corrected chi connectivity index (χ0v) is 17.3. The van der Waals surface area contributed by atoms with Crippen LogP contribution in [-0.2, 0) is 10.1 Å². The van der Waals surface area contributed by atoms with Gasteiger partial charge in [-0.2, -0.15) is 13.5 Å². The average Bonchev–Trinajstić information content (AvgIpc) is 3.24. The van der Waals surface area contributed by atoms with Gasteiger partial charge in [0.1, 0.15) is 4.90 Å². The summed E-state index contributed by atoms with van der Waals surface area (Å²) in [6, 6.07) is 14.4. The largest absolute Gasteiger partial charge is 0.493 e. The van der Waals surface area contributed by atoms with Crippen LogP contribution >= 0.6 is 11.3 Å². The second-order valence-corrected chi connectivity index (χ2v) is 8.43. The fourth-order valence-corrected chi connectivity index (χ4v) is 3.89. The van der Waals surface area contributed by atoms with E-state index >= 15 is 0 Å². The van der Waals surface area contributed by atoms with E-state index in [-0.39, 0.29) is 22.3 Å². The highest BCUT2D eigenvalue weighted by atomic mass is 32.2. The summed E-state index contributed by atoms with van der Waals surface area (Å²) in [5, 5.41) is 5.70. The lowest BCUT2D eigenvalue weighted by molar-refractivity contribution is 0.0959. The number of methoxy groups -OCH3 is 1. The van der Waals surface area contributed by atoms with Gasteiger partial charge >= 0.3 is 10.1 Å². The summed E-state index contributed by atoms with van der Waals surface area (Å²) in [4.78, 5) is 12.5. The van der Waals surface area contributed by atoms with E-state index in [0.29, 0.717) is 10.4 Å². The normalized spacial score (nSPS) is 11.4. The van der Waals surface area contributed by atoms with E-state index in [0.717, 1.165) is 5.56 Å². The number of ether oxygens (including phenoxy) is 1. The second-order valence-electron chi connectivity index (χ2n) is 5.94. The predicted molar refractivity (Wildman–Crippen MR) is 111 cm³/mol. The highest BCUT2D eigenvalue weighted by Gasteiger charge is 2.19. The summed E-state index contributed by atoms with van der Waals surface area (Å²) >= 11 is 1.31. The Hall–Kier alpha value is -3.17. The Bertz CT molecular complexity index is 1120. The van der Waals surface area contributed by atoms with Crippen LogP contribution < -0.4 is 14.3 Å². The molecule has 0 spiro atoms. The summed E-state index contributed by atoms with van der Waals surface area (Å²) in [7, 11) is -2.60. The van der Waals surface area contributed by atoms with E-state index in [1.165, 1.54) is 42.9 Å². The molecule has 0 bridgehead atoms. The molecular formula is C20H18N2O5S2. The molecule has 1 aromatic heterocycles. The van der Waals surface area contributed by atoms with Crippen molar-refractivity contribution in [1.29, 1.82) is 0 Å². The molecule has 0 atom stereocenters. The predicted octanol–water partition coefficient (Wildman–Crippen LogP) is 3.60. The van der Waals surface area contributed by atoms with Crippen molar-refractivity contribution in [2.24, 2.45) is 5.10 Å². The Balaban J connectivity index is 1.74. The van der Waals surface area contributed by atoms with Crippen LogP contribution in [0, 0.1) is 6.92 Å². The molecule has 0 aliphatic carbocycles. The zero-order chi connectivity index (χ0) is 20.9. The van der Waals surface area contributed by atoms with Crippen LogP contribution in [0.5, 0.6) is 11.5 Å². The maximum atomic E-state index is 12.5. The van der Waals surface area contributed by atoms with Crippen molar-refractivity contribution in [3.05, 3.63) is 76.0 Å². The van der Waals surface area contributed by atoms with E-state index in [2.05, 4.69) is 10.5 Å². The average molecular weight is 431 g/mol. The van der Waals surface area contributed by atoms with Crippen LogP contribution in [0.4, 0.5) is 0 Å². The molecule has 1 amide bonds. The number of thiophene rings is 1. The van der Waals surface area contributed by atoms with Gasteiger partial charge in [-0.1, -0.05) is 23.8 Å². The number of carbonyl (C=O) groups excluding carboxylic acids is 1. The maximum Gasteiger partial charge on any atom is 0.339 e. The fourth-order valence-electron chi connectivity index (χ4n) is 2.33. The van der Waals surface area contributed by atoms with Gasteiger partial charge in [0.05, 0.1) is 18.2 Å². The molecule has 0 aliphatic heterocycles. The number of amides is 1. The van der Waals surface area contributed by atoms with Gasteiger partial charge in [-0.3, -0.25) is 4.79 Å². The van der Waals surface area contributed by atoms with Crippen molar-refractivity contribution in [3.8, 4) is 11.5 Å². The number of carbonyl (C=O) groups is 1. The van der Waals surface area contributed by atoms with Crippen molar-refractivity contribution in [3.63, 3.8) is 0 Å². The minimum absolute atomic E-state index is 0.0482. The van der Waals surface area contributed by atoms with Crippen molar-refractivity contribution in [2.45, 2.75) is 11.8 Å². The smallest absolute Gasteiger partial charge is 0.339 e. The number of aryl methyl sites for hydroxylation is 1. The molecule has 0 aliphatic rings. The third-order valence-electron chi connectivity index (χ3n) is 3.82. The lowest BCUT2D eigenvalue weighted by Gasteiger charge is -2.11.